The third-order valence-corrected chi connectivity index (χ3v) is 5.14. The highest BCUT2D eigenvalue weighted by Gasteiger charge is 2.18. The maximum atomic E-state index is 12.4. The summed E-state index contributed by atoms with van der Waals surface area (Å²) in [6.07, 6.45) is 0. The fourth-order valence-corrected chi connectivity index (χ4v) is 3.52. The molecule has 0 radical (unpaired) electrons. The van der Waals surface area contributed by atoms with E-state index < -0.39 is 10.0 Å². The zero-order chi connectivity index (χ0) is 15.6. The minimum Gasteiger partial charge on any atom is -0.326 e. The van der Waals surface area contributed by atoms with Gasteiger partial charge in [-0.1, -0.05) is 23.7 Å². The third kappa shape index (κ3) is 3.56. The minimum atomic E-state index is -3.72. The minimum absolute atomic E-state index is 0.0413. The number of anilines is 1. The molecule has 0 aliphatic heterocycles. The van der Waals surface area contributed by atoms with Crippen LogP contribution in [0.3, 0.4) is 0 Å². The van der Waals surface area contributed by atoms with Crippen LogP contribution in [-0.2, 0) is 16.6 Å². The van der Waals surface area contributed by atoms with Crippen molar-refractivity contribution in [2.45, 2.75) is 25.3 Å². The standard InChI is InChI=1S/C15H17ClN2O2S/c1-10-3-5-13(7-11(10)2)18-21(19,20)15-6-4-12(9-17)8-14(15)16/h3-8,18H,9,17H2,1-2H3. The molecule has 4 nitrogen and oxygen atoms in total. The Balaban J connectivity index is 2.36. The number of aryl methyl sites for hydroxylation is 2. The Hall–Kier alpha value is -1.56. The molecule has 0 saturated heterocycles. The average molecular weight is 325 g/mol. The molecule has 3 N–H and O–H groups in total. The van der Waals surface area contributed by atoms with Crippen molar-refractivity contribution in [1.82, 2.24) is 0 Å². The molecule has 0 aliphatic rings. The van der Waals surface area contributed by atoms with Gasteiger partial charge in [0.15, 0.2) is 0 Å². The Morgan fingerprint density at radius 2 is 1.81 bits per heavy atom. The zero-order valence-corrected chi connectivity index (χ0v) is 13.4. The van der Waals surface area contributed by atoms with Gasteiger partial charge in [-0.3, -0.25) is 4.72 Å². The van der Waals surface area contributed by atoms with E-state index in [9.17, 15) is 8.42 Å². The number of hydrogen-bond acceptors (Lipinski definition) is 3. The molecule has 0 fully saturated rings. The first-order valence-electron chi connectivity index (χ1n) is 6.42. The number of nitrogens with one attached hydrogen (secondary N) is 1. The van der Waals surface area contributed by atoms with Gasteiger partial charge in [0, 0.05) is 12.2 Å². The second-order valence-corrected chi connectivity index (χ2v) is 6.93. The highest BCUT2D eigenvalue weighted by atomic mass is 35.5. The van der Waals surface area contributed by atoms with Crippen molar-refractivity contribution in [3.8, 4) is 0 Å². The molecule has 2 aromatic rings. The van der Waals surface area contributed by atoms with E-state index in [0.717, 1.165) is 16.7 Å². The summed E-state index contributed by atoms with van der Waals surface area (Å²) < 4.78 is 27.3. The smallest absolute Gasteiger partial charge is 0.263 e. The van der Waals surface area contributed by atoms with E-state index in [0.29, 0.717) is 12.2 Å². The second kappa shape index (κ2) is 6.05. The Kier molecular flexibility index (Phi) is 4.56. The van der Waals surface area contributed by atoms with E-state index in [-0.39, 0.29) is 9.92 Å². The summed E-state index contributed by atoms with van der Waals surface area (Å²) in [4.78, 5) is 0.0413. The fourth-order valence-electron chi connectivity index (χ4n) is 1.90. The normalized spacial score (nSPS) is 11.4. The van der Waals surface area contributed by atoms with Crippen molar-refractivity contribution in [3.63, 3.8) is 0 Å². The van der Waals surface area contributed by atoms with Gasteiger partial charge in [0.25, 0.3) is 10.0 Å². The first-order valence-corrected chi connectivity index (χ1v) is 8.28. The summed E-state index contributed by atoms with van der Waals surface area (Å²) in [6.45, 7) is 4.21. The van der Waals surface area contributed by atoms with Crippen molar-refractivity contribution in [1.29, 1.82) is 0 Å². The molecule has 2 rings (SSSR count). The summed E-state index contributed by atoms with van der Waals surface area (Å²) in [5, 5.41) is 0.161. The van der Waals surface area contributed by atoms with Crippen LogP contribution in [0.1, 0.15) is 16.7 Å². The molecule has 21 heavy (non-hydrogen) atoms. The topological polar surface area (TPSA) is 72.2 Å². The predicted octanol–water partition coefficient (Wildman–Crippen LogP) is 3.22. The van der Waals surface area contributed by atoms with Crippen LogP contribution in [0, 0.1) is 13.8 Å². The highest BCUT2D eigenvalue weighted by Crippen LogP contribution is 2.25. The molecule has 0 heterocycles. The van der Waals surface area contributed by atoms with E-state index in [4.69, 9.17) is 17.3 Å². The van der Waals surface area contributed by atoms with Crippen LogP contribution in [0.2, 0.25) is 5.02 Å². The van der Waals surface area contributed by atoms with Crippen LogP contribution in [-0.4, -0.2) is 8.42 Å². The van der Waals surface area contributed by atoms with E-state index >= 15 is 0 Å². The molecule has 0 bridgehead atoms. The van der Waals surface area contributed by atoms with Crippen molar-refractivity contribution in [3.05, 3.63) is 58.1 Å². The number of halogens is 1. The van der Waals surface area contributed by atoms with Crippen LogP contribution in [0.15, 0.2) is 41.3 Å². The first kappa shape index (κ1) is 15.8. The van der Waals surface area contributed by atoms with Gasteiger partial charge in [-0.25, -0.2) is 8.42 Å². The molecule has 0 unspecified atom stereocenters. The van der Waals surface area contributed by atoms with E-state index in [1.54, 1.807) is 24.3 Å². The first-order chi connectivity index (χ1) is 9.83. The molecule has 0 saturated carbocycles. The molecule has 6 heteroatoms. The van der Waals surface area contributed by atoms with Gasteiger partial charge in [0.2, 0.25) is 0 Å². The SMILES string of the molecule is Cc1ccc(NS(=O)(=O)c2ccc(CN)cc2Cl)cc1C. The molecule has 0 aromatic heterocycles. The largest absolute Gasteiger partial charge is 0.326 e. The lowest BCUT2D eigenvalue weighted by molar-refractivity contribution is 0.601. The van der Waals surface area contributed by atoms with Crippen LogP contribution >= 0.6 is 11.6 Å². The molecule has 2 aromatic carbocycles. The van der Waals surface area contributed by atoms with Crippen LogP contribution in [0.25, 0.3) is 0 Å². The van der Waals surface area contributed by atoms with Crippen LogP contribution in [0.5, 0.6) is 0 Å². The third-order valence-electron chi connectivity index (χ3n) is 3.28. The lowest BCUT2D eigenvalue weighted by atomic mass is 10.1. The maximum Gasteiger partial charge on any atom is 0.263 e. The van der Waals surface area contributed by atoms with Crippen molar-refractivity contribution < 1.29 is 8.42 Å². The van der Waals surface area contributed by atoms with Gasteiger partial charge >= 0.3 is 0 Å². The number of sulfonamides is 1. The Labute approximate surface area is 130 Å². The quantitative estimate of drug-likeness (QED) is 0.907. The summed E-state index contributed by atoms with van der Waals surface area (Å²) in [5.74, 6) is 0. The van der Waals surface area contributed by atoms with Gasteiger partial charge < -0.3 is 5.73 Å². The fraction of sp³-hybridized carbons (Fsp3) is 0.200. The second-order valence-electron chi connectivity index (χ2n) is 4.87. The molecular formula is C15H17ClN2O2S. The van der Waals surface area contributed by atoms with E-state index in [2.05, 4.69) is 4.72 Å². The summed E-state index contributed by atoms with van der Waals surface area (Å²) >= 11 is 6.04. The van der Waals surface area contributed by atoms with E-state index in [1.807, 2.05) is 19.9 Å². The summed E-state index contributed by atoms with van der Waals surface area (Å²) in [5.41, 5.74) is 8.92. The van der Waals surface area contributed by atoms with Gasteiger partial charge in [-0.15, -0.1) is 0 Å². The van der Waals surface area contributed by atoms with Gasteiger partial charge in [-0.05, 0) is 54.8 Å². The van der Waals surface area contributed by atoms with Crippen molar-refractivity contribution >= 4 is 27.3 Å². The molecule has 0 atom stereocenters. The molecule has 112 valence electrons. The predicted molar refractivity (Wildman–Crippen MR) is 86.1 cm³/mol. The number of rotatable bonds is 4. The molecular weight excluding hydrogens is 308 g/mol. The van der Waals surface area contributed by atoms with Crippen molar-refractivity contribution in [2.75, 3.05) is 4.72 Å². The highest BCUT2D eigenvalue weighted by molar-refractivity contribution is 7.92. The van der Waals surface area contributed by atoms with E-state index in [1.165, 1.54) is 6.07 Å². The molecule has 0 spiro atoms. The number of benzene rings is 2. The average Bonchev–Trinajstić information content (AvgIpc) is 2.42. The number of hydrogen-bond donors (Lipinski definition) is 2. The van der Waals surface area contributed by atoms with Gasteiger partial charge in [-0.2, -0.15) is 0 Å². The Morgan fingerprint density at radius 3 is 2.38 bits per heavy atom. The van der Waals surface area contributed by atoms with Gasteiger partial charge in [0.05, 0.1) is 5.02 Å². The number of nitrogens with two attached hydrogens (primary N) is 1. The van der Waals surface area contributed by atoms with Crippen LogP contribution in [0.4, 0.5) is 5.69 Å². The van der Waals surface area contributed by atoms with Gasteiger partial charge in [0.1, 0.15) is 4.90 Å². The summed E-state index contributed by atoms with van der Waals surface area (Å²) in [6, 6.07) is 10.1. The maximum absolute atomic E-state index is 12.4. The van der Waals surface area contributed by atoms with Crippen molar-refractivity contribution in [2.24, 2.45) is 5.73 Å². The lowest BCUT2D eigenvalue weighted by Crippen LogP contribution is -2.14. The molecule has 0 amide bonds. The molecule has 0 aliphatic carbocycles. The Bertz CT molecular complexity index is 773. The Morgan fingerprint density at radius 1 is 1.10 bits per heavy atom. The zero-order valence-electron chi connectivity index (χ0n) is 11.9. The monoisotopic (exact) mass is 324 g/mol. The van der Waals surface area contributed by atoms with Crippen LogP contribution < -0.4 is 10.5 Å². The lowest BCUT2D eigenvalue weighted by Gasteiger charge is -2.11. The summed E-state index contributed by atoms with van der Waals surface area (Å²) in [7, 11) is -3.72.